The van der Waals surface area contributed by atoms with E-state index in [0.717, 1.165) is 43.7 Å². The van der Waals surface area contributed by atoms with E-state index in [1.165, 1.54) is 22.2 Å². The number of rotatable bonds is 5. The summed E-state index contributed by atoms with van der Waals surface area (Å²) in [7, 11) is 0. The van der Waals surface area contributed by atoms with Gasteiger partial charge in [-0.2, -0.15) is 0 Å². The zero-order valence-corrected chi connectivity index (χ0v) is 17.5. The minimum absolute atomic E-state index is 0.0724. The molecule has 5 nitrogen and oxygen atoms in total. The zero-order chi connectivity index (χ0) is 20.4. The highest BCUT2D eigenvalue weighted by molar-refractivity contribution is 5.78. The van der Waals surface area contributed by atoms with Crippen molar-refractivity contribution in [1.82, 2.24) is 14.5 Å². The van der Waals surface area contributed by atoms with Crippen LogP contribution in [0.4, 0.5) is 0 Å². The Balaban J connectivity index is 1.29. The maximum absolute atomic E-state index is 12.5. The third-order valence-corrected chi connectivity index (χ3v) is 6.04. The van der Waals surface area contributed by atoms with Crippen molar-refractivity contribution in [2.45, 2.75) is 40.2 Å². The number of ether oxygens (including phenoxy) is 1. The first-order valence-corrected chi connectivity index (χ1v) is 10.4. The summed E-state index contributed by atoms with van der Waals surface area (Å²) >= 11 is 0. The van der Waals surface area contributed by atoms with Gasteiger partial charge in [-0.1, -0.05) is 17.7 Å². The van der Waals surface area contributed by atoms with Crippen molar-refractivity contribution in [2.75, 3.05) is 19.7 Å². The Hall–Kier alpha value is -2.82. The van der Waals surface area contributed by atoms with Gasteiger partial charge in [-0.25, -0.2) is 4.98 Å². The predicted octanol–water partition coefficient (Wildman–Crippen LogP) is 4.28. The molecule has 0 atom stereocenters. The fourth-order valence-corrected chi connectivity index (χ4v) is 3.97. The van der Waals surface area contributed by atoms with Crippen molar-refractivity contribution in [2.24, 2.45) is 5.92 Å². The van der Waals surface area contributed by atoms with E-state index in [2.05, 4.69) is 35.5 Å². The maximum atomic E-state index is 12.5. The van der Waals surface area contributed by atoms with E-state index in [-0.39, 0.29) is 12.5 Å². The van der Waals surface area contributed by atoms with Gasteiger partial charge >= 0.3 is 0 Å². The number of imidazole rings is 1. The van der Waals surface area contributed by atoms with Gasteiger partial charge in [0.25, 0.3) is 5.91 Å². The van der Waals surface area contributed by atoms with Crippen molar-refractivity contribution >= 4 is 16.9 Å². The van der Waals surface area contributed by atoms with Crippen molar-refractivity contribution < 1.29 is 9.53 Å². The van der Waals surface area contributed by atoms with Crippen LogP contribution in [0.3, 0.4) is 0 Å². The summed E-state index contributed by atoms with van der Waals surface area (Å²) in [4.78, 5) is 19.0. The summed E-state index contributed by atoms with van der Waals surface area (Å²) in [6, 6.07) is 12.2. The molecule has 0 N–H and O–H groups in total. The third kappa shape index (κ3) is 4.44. The molecule has 0 radical (unpaired) electrons. The highest BCUT2D eigenvalue weighted by atomic mass is 16.5. The van der Waals surface area contributed by atoms with Gasteiger partial charge in [0.2, 0.25) is 0 Å². The molecule has 1 saturated heterocycles. The first kappa shape index (κ1) is 19.5. The molecule has 2 aromatic carbocycles. The molecule has 0 spiro atoms. The molecule has 2 heterocycles. The van der Waals surface area contributed by atoms with Crippen LogP contribution in [-0.4, -0.2) is 40.1 Å². The lowest BCUT2D eigenvalue weighted by Crippen LogP contribution is -2.41. The Labute approximate surface area is 172 Å². The molecule has 0 unspecified atom stereocenters. The minimum Gasteiger partial charge on any atom is -0.484 e. The quantitative estimate of drug-likeness (QED) is 0.652. The molecule has 1 aromatic heterocycles. The van der Waals surface area contributed by atoms with E-state index in [9.17, 15) is 4.79 Å². The average Bonchev–Trinajstić information content (AvgIpc) is 3.09. The number of benzene rings is 2. The van der Waals surface area contributed by atoms with Gasteiger partial charge in [0.15, 0.2) is 6.61 Å². The molecule has 0 saturated carbocycles. The van der Waals surface area contributed by atoms with Crippen LogP contribution < -0.4 is 4.74 Å². The number of hydrogen-bond donors (Lipinski definition) is 0. The minimum atomic E-state index is 0.0724. The number of nitrogens with zero attached hydrogens (tertiary/aromatic N) is 3. The van der Waals surface area contributed by atoms with Crippen LogP contribution in [0.1, 0.15) is 29.5 Å². The smallest absolute Gasteiger partial charge is 0.260 e. The summed E-state index contributed by atoms with van der Waals surface area (Å²) in [6.07, 6.45) is 3.98. The van der Waals surface area contributed by atoms with E-state index in [1.807, 2.05) is 42.4 Å². The van der Waals surface area contributed by atoms with Gasteiger partial charge in [0, 0.05) is 19.6 Å². The average molecular weight is 392 g/mol. The molecule has 1 aliphatic heterocycles. The number of aryl methyl sites for hydroxylation is 3. The van der Waals surface area contributed by atoms with Crippen molar-refractivity contribution in [3.63, 3.8) is 0 Å². The third-order valence-electron chi connectivity index (χ3n) is 6.04. The molecule has 1 fully saturated rings. The van der Waals surface area contributed by atoms with E-state index >= 15 is 0 Å². The van der Waals surface area contributed by atoms with E-state index in [4.69, 9.17) is 4.74 Å². The normalized spacial score (nSPS) is 15.1. The molecule has 152 valence electrons. The van der Waals surface area contributed by atoms with Crippen LogP contribution in [0.5, 0.6) is 5.75 Å². The molecular formula is C24H29N3O2. The molecule has 29 heavy (non-hydrogen) atoms. The number of piperidine rings is 1. The number of hydrogen-bond acceptors (Lipinski definition) is 3. The lowest BCUT2D eigenvalue weighted by Gasteiger charge is -2.32. The first-order chi connectivity index (χ1) is 14.0. The van der Waals surface area contributed by atoms with Crippen molar-refractivity contribution in [3.8, 4) is 5.75 Å². The Bertz CT molecular complexity index is 999. The van der Waals surface area contributed by atoms with Gasteiger partial charge in [0.05, 0.1) is 17.4 Å². The van der Waals surface area contributed by atoms with Crippen LogP contribution >= 0.6 is 0 Å². The Morgan fingerprint density at radius 2 is 1.76 bits per heavy atom. The highest BCUT2D eigenvalue weighted by Gasteiger charge is 2.23. The fourth-order valence-electron chi connectivity index (χ4n) is 3.97. The van der Waals surface area contributed by atoms with Gasteiger partial charge in [-0.15, -0.1) is 0 Å². The molecule has 3 aromatic rings. The SMILES string of the molecule is Cc1ccc(OCC(=O)N2CCC(Cn3cnc4cc(C)c(C)cc43)CC2)cc1. The van der Waals surface area contributed by atoms with Crippen LogP contribution in [0, 0.1) is 26.7 Å². The molecule has 1 aliphatic rings. The van der Waals surface area contributed by atoms with Crippen LogP contribution in [0.2, 0.25) is 0 Å². The van der Waals surface area contributed by atoms with Gasteiger partial charge in [-0.05, 0) is 74.9 Å². The largest absolute Gasteiger partial charge is 0.484 e. The number of fused-ring (bicyclic) bond motifs is 1. The summed E-state index contributed by atoms with van der Waals surface area (Å²) in [6.45, 7) is 8.97. The second-order valence-corrected chi connectivity index (χ2v) is 8.25. The molecule has 0 aliphatic carbocycles. The topological polar surface area (TPSA) is 47.4 Å². The summed E-state index contributed by atoms with van der Waals surface area (Å²) in [5.74, 6) is 1.38. The molecule has 1 amide bonds. The summed E-state index contributed by atoms with van der Waals surface area (Å²) < 4.78 is 7.92. The van der Waals surface area contributed by atoms with Gasteiger partial charge in [0.1, 0.15) is 5.75 Å². The number of carbonyl (C=O) groups excluding carboxylic acids is 1. The van der Waals surface area contributed by atoms with Crippen LogP contribution in [-0.2, 0) is 11.3 Å². The molecule has 4 rings (SSSR count). The van der Waals surface area contributed by atoms with Crippen molar-refractivity contribution in [1.29, 1.82) is 0 Å². The lowest BCUT2D eigenvalue weighted by atomic mass is 9.96. The standard InChI is InChI=1S/C24H29N3O2/c1-17-4-6-21(7-5-17)29-15-24(28)26-10-8-20(9-11-26)14-27-16-25-22-12-18(2)19(3)13-23(22)27/h4-7,12-13,16,20H,8-11,14-15H2,1-3H3. The monoisotopic (exact) mass is 391 g/mol. The second-order valence-electron chi connectivity index (χ2n) is 8.25. The second kappa shape index (κ2) is 8.27. The summed E-state index contributed by atoms with van der Waals surface area (Å²) in [5.41, 5.74) is 6.03. The molecular weight excluding hydrogens is 362 g/mol. The van der Waals surface area contributed by atoms with Crippen LogP contribution in [0.15, 0.2) is 42.7 Å². The number of likely N-dealkylation sites (tertiary alicyclic amines) is 1. The zero-order valence-electron chi connectivity index (χ0n) is 17.5. The van der Waals surface area contributed by atoms with Gasteiger partial charge in [-0.3, -0.25) is 4.79 Å². The molecule has 5 heteroatoms. The number of aromatic nitrogens is 2. The van der Waals surface area contributed by atoms with E-state index in [0.29, 0.717) is 5.92 Å². The Morgan fingerprint density at radius 3 is 2.48 bits per heavy atom. The van der Waals surface area contributed by atoms with Crippen LogP contribution in [0.25, 0.3) is 11.0 Å². The lowest BCUT2D eigenvalue weighted by molar-refractivity contribution is -0.134. The maximum Gasteiger partial charge on any atom is 0.260 e. The number of amides is 1. The number of carbonyl (C=O) groups is 1. The fraction of sp³-hybridized carbons (Fsp3) is 0.417. The van der Waals surface area contributed by atoms with E-state index < -0.39 is 0 Å². The highest BCUT2D eigenvalue weighted by Crippen LogP contribution is 2.24. The van der Waals surface area contributed by atoms with E-state index in [1.54, 1.807) is 0 Å². The molecule has 0 bridgehead atoms. The Morgan fingerprint density at radius 1 is 1.07 bits per heavy atom. The summed E-state index contributed by atoms with van der Waals surface area (Å²) in [5, 5.41) is 0. The first-order valence-electron chi connectivity index (χ1n) is 10.4. The Kier molecular flexibility index (Phi) is 5.56. The van der Waals surface area contributed by atoms with Crippen molar-refractivity contribution in [3.05, 3.63) is 59.4 Å². The van der Waals surface area contributed by atoms with Gasteiger partial charge < -0.3 is 14.2 Å². The predicted molar refractivity (Wildman–Crippen MR) is 115 cm³/mol.